The molecule has 6 heteroatoms. The van der Waals surface area contributed by atoms with Gasteiger partial charge in [-0.2, -0.15) is 5.10 Å². The molecule has 3 aromatic rings. The highest BCUT2D eigenvalue weighted by Gasteiger charge is 2.52. The monoisotopic (exact) mass is 363 g/mol. The van der Waals surface area contributed by atoms with Crippen LogP contribution in [0.15, 0.2) is 42.5 Å². The largest absolute Gasteiger partial charge is 0.493 e. The highest BCUT2D eigenvalue weighted by Crippen LogP contribution is 2.49. The number of nitrogens with one attached hydrogen (secondary N) is 1. The second kappa shape index (κ2) is 5.82. The normalized spacial score (nSPS) is 23.8. The number of rotatable bonds is 2. The molecule has 6 nitrogen and oxygen atoms in total. The first kappa shape index (κ1) is 16.3. The van der Waals surface area contributed by atoms with Crippen molar-refractivity contribution in [3.8, 4) is 5.75 Å². The van der Waals surface area contributed by atoms with E-state index in [1.807, 2.05) is 54.3 Å². The van der Waals surface area contributed by atoms with E-state index in [-0.39, 0.29) is 18.4 Å². The quantitative estimate of drug-likeness (QED) is 0.733. The van der Waals surface area contributed by atoms with Crippen LogP contribution in [0.3, 0.4) is 0 Å². The van der Waals surface area contributed by atoms with E-state index < -0.39 is 5.41 Å². The van der Waals surface area contributed by atoms with Crippen LogP contribution in [0.4, 0.5) is 0 Å². The Morgan fingerprint density at radius 1 is 1.37 bits per heavy atom. The molecule has 27 heavy (non-hydrogen) atoms. The number of carbonyl (C=O) groups is 1. The molecule has 0 spiro atoms. The molecule has 3 heterocycles. The molecule has 2 aliphatic heterocycles. The van der Waals surface area contributed by atoms with Gasteiger partial charge in [-0.3, -0.25) is 9.89 Å². The number of nitrogens with zero attached hydrogens (tertiary/aromatic N) is 2. The van der Waals surface area contributed by atoms with E-state index in [9.17, 15) is 9.90 Å². The number of benzene rings is 2. The average Bonchev–Trinajstić information content (AvgIpc) is 3.29. The number of aromatic nitrogens is 2. The van der Waals surface area contributed by atoms with Crippen molar-refractivity contribution in [1.29, 1.82) is 0 Å². The third-order valence-electron chi connectivity index (χ3n) is 5.98. The topological polar surface area (TPSA) is 78.5 Å². The number of likely N-dealkylation sites (tertiary alicyclic amines) is 1. The van der Waals surface area contributed by atoms with E-state index in [4.69, 9.17) is 4.74 Å². The van der Waals surface area contributed by atoms with Crippen molar-refractivity contribution in [2.75, 3.05) is 26.3 Å². The van der Waals surface area contributed by atoms with Crippen molar-refractivity contribution < 1.29 is 14.6 Å². The molecule has 1 amide bonds. The SMILES string of the molecule is Cc1ccc2[nH]nc(C(=O)N3C[C@@H]4c5ccccc5OC[C@]4(CO)C3)c2c1. The Hall–Kier alpha value is -2.86. The Kier molecular flexibility index (Phi) is 3.52. The fraction of sp³-hybridized carbons (Fsp3) is 0.333. The standard InChI is InChI=1S/C21H21N3O3/c1-13-6-7-17-15(8-13)19(23-22-17)20(26)24-9-16-14-4-2-3-5-18(14)27-12-21(16,10-24)11-25/h2-8,16,25H,9-12H2,1H3,(H,22,23)/t16-,21-/m1/s1. The van der Waals surface area contributed by atoms with E-state index in [0.717, 1.165) is 27.8 Å². The molecule has 1 aromatic heterocycles. The molecule has 1 fully saturated rings. The molecule has 5 rings (SSSR count). The van der Waals surface area contributed by atoms with E-state index in [2.05, 4.69) is 10.2 Å². The average molecular weight is 363 g/mol. The number of para-hydroxylation sites is 1. The van der Waals surface area contributed by atoms with Gasteiger partial charge in [0.15, 0.2) is 5.69 Å². The molecule has 0 aliphatic carbocycles. The van der Waals surface area contributed by atoms with Gasteiger partial charge in [-0.05, 0) is 30.7 Å². The summed E-state index contributed by atoms with van der Waals surface area (Å²) in [5, 5.41) is 18.2. The Bertz CT molecular complexity index is 1040. The summed E-state index contributed by atoms with van der Waals surface area (Å²) in [6, 6.07) is 13.8. The van der Waals surface area contributed by atoms with Crippen molar-refractivity contribution >= 4 is 16.8 Å². The lowest BCUT2D eigenvalue weighted by Crippen LogP contribution is -2.42. The van der Waals surface area contributed by atoms with Crippen LogP contribution >= 0.6 is 0 Å². The fourth-order valence-corrected chi connectivity index (χ4v) is 4.47. The van der Waals surface area contributed by atoms with Crippen molar-refractivity contribution in [3.63, 3.8) is 0 Å². The zero-order valence-corrected chi connectivity index (χ0v) is 15.1. The first-order valence-electron chi connectivity index (χ1n) is 9.18. The Balaban J connectivity index is 1.52. The maximum absolute atomic E-state index is 13.3. The van der Waals surface area contributed by atoms with Crippen molar-refractivity contribution in [2.24, 2.45) is 5.41 Å². The number of aliphatic hydroxyl groups is 1. The van der Waals surface area contributed by atoms with Crippen LogP contribution in [0.5, 0.6) is 5.75 Å². The second-order valence-electron chi connectivity index (χ2n) is 7.71. The molecular formula is C21H21N3O3. The number of ether oxygens (including phenoxy) is 1. The lowest BCUT2D eigenvalue weighted by atomic mass is 9.74. The predicted molar refractivity (Wildman–Crippen MR) is 101 cm³/mol. The first-order chi connectivity index (χ1) is 13.1. The smallest absolute Gasteiger partial charge is 0.275 e. The summed E-state index contributed by atoms with van der Waals surface area (Å²) in [5.74, 6) is 0.802. The second-order valence-corrected chi connectivity index (χ2v) is 7.71. The molecule has 0 bridgehead atoms. The lowest BCUT2D eigenvalue weighted by molar-refractivity contribution is 0.0439. The van der Waals surface area contributed by atoms with Gasteiger partial charge in [-0.15, -0.1) is 0 Å². The molecule has 0 saturated carbocycles. The van der Waals surface area contributed by atoms with Crippen molar-refractivity contribution in [2.45, 2.75) is 12.8 Å². The van der Waals surface area contributed by atoms with Gasteiger partial charge >= 0.3 is 0 Å². The van der Waals surface area contributed by atoms with E-state index in [1.54, 1.807) is 0 Å². The summed E-state index contributed by atoms with van der Waals surface area (Å²) < 4.78 is 5.92. The Morgan fingerprint density at radius 3 is 3.07 bits per heavy atom. The van der Waals surface area contributed by atoms with Gasteiger partial charge in [0.2, 0.25) is 0 Å². The molecule has 2 aromatic carbocycles. The third kappa shape index (κ3) is 2.36. The van der Waals surface area contributed by atoms with Crippen molar-refractivity contribution in [3.05, 3.63) is 59.3 Å². The number of fused-ring (bicyclic) bond motifs is 4. The van der Waals surface area contributed by atoms with Gasteiger partial charge < -0.3 is 14.7 Å². The molecule has 138 valence electrons. The first-order valence-corrected chi connectivity index (χ1v) is 9.18. The number of aliphatic hydroxyl groups excluding tert-OH is 1. The van der Waals surface area contributed by atoms with Gasteiger partial charge in [0.25, 0.3) is 5.91 Å². The van der Waals surface area contributed by atoms with Gasteiger partial charge in [-0.25, -0.2) is 0 Å². The molecule has 0 radical (unpaired) electrons. The van der Waals surface area contributed by atoms with Gasteiger partial charge in [0.1, 0.15) is 5.75 Å². The minimum Gasteiger partial charge on any atom is -0.493 e. The van der Waals surface area contributed by atoms with Crippen LogP contribution in [-0.4, -0.2) is 52.4 Å². The summed E-state index contributed by atoms with van der Waals surface area (Å²) >= 11 is 0. The molecule has 2 N–H and O–H groups in total. The number of carbonyl (C=O) groups excluding carboxylic acids is 1. The van der Waals surface area contributed by atoms with Gasteiger partial charge in [0, 0.05) is 24.4 Å². The highest BCUT2D eigenvalue weighted by molar-refractivity contribution is 6.05. The van der Waals surface area contributed by atoms with E-state index in [1.165, 1.54) is 0 Å². The molecule has 2 aliphatic rings. The lowest BCUT2D eigenvalue weighted by Gasteiger charge is -2.37. The fourth-order valence-electron chi connectivity index (χ4n) is 4.47. The number of amides is 1. The molecule has 1 saturated heterocycles. The number of hydrogen-bond acceptors (Lipinski definition) is 4. The van der Waals surface area contributed by atoms with Gasteiger partial charge in [-0.1, -0.05) is 29.8 Å². The highest BCUT2D eigenvalue weighted by atomic mass is 16.5. The molecule has 0 unspecified atom stereocenters. The maximum atomic E-state index is 13.3. The van der Waals surface area contributed by atoms with Crippen LogP contribution < -0.4 is 4.74 Å². The van der Waals surface area contributed by atoms with E-state index in [0.29, 0.717) is 25.4 Å². The van der Waals surface area contributed by atoms with Crippen LogP contribution in [0.25, 0.3) is 10.9 Å². The Morgan fingerprint density at radius 2 is 2.22 bits per heavy atom. The predicted octanol–water partition coefficient (Wildman–Crippen LogP) is 2.48. The zero-order valence-electron chi connectivity index (χ0n) is 15.1. The van der Waals surface area contributed by atoms with Crippen LogP contribution in [0, 0.1) is 12.3 Å². The minimum absolute atomic E-state index is 0.0177. The summed E-state index contributed by atoms with van der Waals surface area (Å²) in [6.45, 7) is 3.41. The maximum Gasteiger partial charge on any atom is 0.275 e. The molecule has 2 atom stereocenters. The third-order valence-corrected chi connectivity index (χ3v) is 5.98. The van der Waals surface area contributed by atoms with E-state index >= 15 is 0 Å². The van der Waals surface area contributed by atoms with Crippen LogP contribution in [0.1, 0.15) is 27.5 Å². The molecular weight excluding hydrogens is 342 g/mol. The summed E-state index contributed by atoms with van der Waals surface area (Å²) in [5.41, 5.74) is 2.98. The van der Waals surface area contributed by atoms with Gasteiger partial charge in [0.05, 0.1) is 24.1 Å². The minimum atomic E-state index is -0.466. The van der Waals surface area contributed by atoms with Crippen molar-refractivity contribution in [1.82, 2.24) is 15.1 Å². The summed E-state index contributed by atoms with van der Waals surface area (Å²) in [7, 11) is 0. The summed E-state index contributed by atoms with van der Waals surface area (Å²) in [6.07, 6.45) is 0. The van der Waals surface area contributed by atoms with Crippen LogP contribution in [0.2, 0.25) is 0 Å². The summed E-state index contributed by atoms with van der Waals surface area (Å²) in [4.78, 5) is 15.1. The zero-order chi connectivity index (χ0) is 18.6. The number of hydrogen-bond donors (Lipinski definition) is 2. The van der Waals surface area contributed by atoms with Crippen LogP contribution in [-0.2, 0) is 0 Å². The number of aromatic amines is 1. The Labute approximate surface area is 156 Å². The number of aryl methyl sites for hydroxylation is 1. The number of H-pyrrole nitrogens is 1.